The third-order valence-electron chi connectivity index (χ3n) is 2.53. The molecular formula is C11H22N2O2. The quantitative estimate of drug-likeness (QED) is 0.567. The molecule has 88 valence electrons. The fourth-order valence-corrected chi connectivity index (χ4v) is 1.59. The lowest BCUT2D eigenvalue weighted by molar-refractivity contribution is -0.123. The molecule has 0 aliphatic rings. The Hall–Kier alpha value is -1.06. The molecule has 15 heavy (non-hydrogen) atoms. The number of rotatable bonds is 9. The zero-order chi connectivity index (χ0) is 11.7. The summed E-state index contributed by atoms with van der Waals surface area (Å²) in [5.74, 6) is -0.654. The summed E-state index contributed by atoms with van der Waals surface area (Å²) in [5, 5.41) is 0. The smallest absolute Gasteiger partial charge is 0.220 e. The first kappa shape index (κ1) is 13.9. The topological polar surface area (TPSA) is 86.2 Å². The van der Waals surface area contributed by atoms with Gasteiger partial charge in [-0.05, 0) is 19.3 Å². The molecule has 0 saturated carbocycles. The van der Waals surface area contributed by atoms with Gasteiger partial charge in [0.2, 0.25) is 11.8 Å². The molecule has 0 aliphatic carbocycles. The van der Waals surface area contributed by atoms with Crippen LogP contribution in [-0.2, 0) is 9.59 Å². The fraction of sp³-hybridized carbons (Fsp3) is 0.818. The fourth-order valence-electron chi connectivity index (χ4n) is 1.59. The monoisotopic (exact) mass is 214 g/mol. The molecule has 1 unspecified atom stereocenters. The van der Waals surface area contributed by atoms with Crippen molar-refractivity contribution in [3.63, 3.8) is 0 Å². The summed E-state index contributed by atoms with van der Waals surface area (Å²) in [5.41, 5.74) is 10.3. The molecule has 1 atom stereocenters. The van der Waals surface area contributed by atoms with Crippen LogP contribution in [0.5, 0.6) is 0 Å². The van der Waals surface area contributed by atoms with Gasteiger partial charge in [-0.15, -0.1) is 0 Å². The normalized spacial score (nSPS) is 12.3. The van der Waals surface area contributed by atoms with E-state index in [2.05, 4.69) is 6.92 Å². The minimum atomic E-state index is -0.313. The van der Waals surface area contributed by atoms with Gasteiger partial charge in [-0.25, -0.2) is 0 Å². The van der Waals surface area contributed by atoms with E-state index < -0.39 is 0 Å². The highest BCUT2D eigenvalue weighted by Crippen LogP contribution is 2.16. The van der Waals surface area contributed by atoms with Gasteiger partial charge in [0.15, 0.2) is 0 Å². The lowest BCUT2D eigenvalue weighted by Gasteiger charge is -2.11. The molecule has 0 heterocycles. The number of amides is 2. The molecule has 0 rings (SSSR count). The molecule has 4 heteroatoms. The first-order valence-corrected chi connectivity index (χ1v) is 5.65. The van der Waals surface area contributed by atoms with E-state index in [0.29, 0.717) is 19.3 Å². The van der Waals surface area contributed by atoms with Gasteiger partial charge < -0.3 is 11.5 Å². The molecule has 0 fully saturated rings. The largest absolute Gasteiger partial charge is 0.370 e. The first-order chi connectivity index (χ1) is 7.07. The van der Waals surface area contributed by atoms with Gasteiger partial charge in [-0.1, -0.05) is 26.2 Å². The molecule has 0 aliphatic heterocycles. The number of carbonyl (C=O) groups excluding carboxylic acids is 2. The lowest BCUT2D eigenvalue weighted by Crippen LogP contribution is -2.23. The summed E-state index contributed by atoms with van der Waals surface area (Å²) in [6, 6.07) is 0. The Morgan fingerprint density at radius 3 is 2.13 bits per heavy atom. The number of unbranched alkanes of at least 4 members (excludes halogenated alkanes) is 2. The maximum Gasteiger partial charge on any atom is 0.220 e. The predicted molar refractivity (Wildman–Crippen MR) is 59.9 cm³/mol. The Morgan fingerprint density at radius 2 is 1.67 bits per heavy atom. The molecule has 0 aromatic heterocycles. The summed E-state index contributed by atoms with van der Waals surface area (Å²) < 4.78 is 0. The summed E-state index contributed by atoms with van der Waals surface area (Å²) >= 11 is 0. The maximum atomic E-state index is 11.1. The van der Waals surface area contributed by atoms with Crippen LogP contribution in [0.2, 0.25) is 0 Å². The molecule has 4 N–H and O–H groups in total. The van der Waals surface area contributed by atoms with Gasteiger partial charge in [0.1, 0.15) is 0 Å². The van der Waals surface area contributed by atoms with Crippen molar-refractivity contribution in [3.05, 3.63) is 0 Å². The summed E-state index contributed by atoms with van der Waals surface area (Å²) in [4.78, 5) is 21.6. The van der Waals surface area contributed by atoms with Crippen LogP contribution in [-0.4, -0.2) is 11.8 Å². The average molecular weight is 214 g/mol. The summed E-state index contributed by atoms with van der Waals surface area (Å²) in [7, 11) is 0. The number of hydrogen-bond donors (Lipinski definition) is 2. The first-order valence-electron chi connectivity index (χ1n) is 5.65. The minimum absolute atomic E-state index is 0.0871. The van der Waals surface area contributed by atoms with Crippen LogP contribution in [0.4, 0.5) is 0 Å². The Labute approximate surface area is 91.4 Å². The van der Waals surface area contributed by atoms with Crippen LogP contribution in [0.1, 0.15) is 51.9 Å². The highest BCUT2D eigenvalue weighted by molar-refractivity contribution is 5.77. The van der Waals surface area contributed by atoms with E-state index in [1.165, 1.54) is 0 Å². The Morgan fingerprint density at radius 1 is 1.07 bits per heavy atom. The van der Waals surface area contributed by atoms with E-state index in [0.717, 1.165) is 25.7 Å². The Kier molecular flexibility index (Phi) is 7.68. The SMILES string of the molecule is CCCCCC(CCCC(N)=O)C(N)=O. The minimum Gasteiger partial charge on any atom is -0.370 e. The molecule has 0 aromatic rings. The van der Waals surface area contributed by atoms with Crippen molar-refractivity contribution in [1.29, 1.82) is 0 Å². The summed E-state index contributed by atoms with van der Waals surface area (Å²) in [6.07, 6.45) is 5.81. The standard InChI is InChI=1S/C11H22N2O2/c1-2-3-4-6-9(11(13)15)7-5-8-10(12)14/h9H,2-8H2,1H3,(H2,12,14)(H2,13,15). The van der Waals surface area contributed by atoms with Crippen LogP contribution in [0.3, 0.4) is 0 Å². The zero-order valence-electron chi connectivity index (χ0n) is 9.50. The average Bonchev–Trinajstić information content (AvgIpc) is 2.15. The van der Waals surface area contributed by atoms with Gasteiger partial charge in [0, 0.05) is 12.3 Å². The molecule has 0 spiro atoms. The second kappa shape index (κ2) is 8.26. The van der Waals surface area contributed by atoms with Crippen molar-refractivity contribution in [1.82, 2.24) is 0 Å². The van der Waals surface area contributed by atoms with Gasteiger partial charge >= 0.3 is 0 Å². The van der Waals surface area contributed by atoms with Crippen LogP contribution in [0.15, 0.2) is 0 Å². The molecule has 0 saturated heterocycles. The van der Waals surface area contributed by atoms with Crippen LogP contribution >= 0.6 is 0 Å². The van der Waals surface area contributed by atoms with Crippen LogP contribution in [0.25, 0.3) is 0 Å². The van der Waals surface area contributed by atoms with Crippen molar-refractivity contribution >= 4 is 11.8 Å². The maximum absolute atomic E-state index is 11.1. The van der Waals surface area contributed by atoms with Gasteiger partial charge in [0.25, 0.3) is 0 Å². The lowest BCUT2D eigenvalue weighted by atomic mass is 9.95. The molecule has 2 amide bonds. The predicted octanol–water partition coefficient (Wildman–Crippen LogP) is 1.32. The van der Waals surface area contributed by atoms with Gasteiger partial charge in [-0.3, -0.25) is 9.59 Å². The van der Waals surface area contributed by atoms with E-state index in [9.17, 15) is 9.59 Å². The molecular weight excluding hydrogens is 192 g/mol. The molecule has 0 aromatic carbocycles. The van der Waals surface area contributed by atoms with Crippen molar-refractivity contribution < 1.29 is 9.59 Å². The highest BCUT2D eigenvalue weighted by atomic mass is 16.1. The van der Waals surface area contributed by atoms with Crippen LogP contribution in [0, 0.1) is 5.92 Å². The summed E-state index contributed by atoms with van der Waals surface area (Å²) in [6.45, 7) is 2.12. The van der Waals surface area contributed by atoms with Crippen molar-refractivity contribution in [3.8, 4) is 0 Å². The van der Waals surface area contributed by atoms with E-state index in [-0.39, 0.29) is 17.7 Å². The van der Waals surface area contributed by atoms with Crippen LogP contribution < -0.4 is 11.5 Å². The van der Waals surface area contributed by atoms with Crippen molar-refractivity contribution in [2.24, 2.45) is 17.4 Å². The van der Waals surface area contributed by atoms with E-state index >= 15 is 0 Å². The number of carbonyl (C=O) groups is 2. The van der Waals surface area contributed by atoms with Gasteiger partial charge in [-0.2, -0.15) is 0 Å². The third-order valence-corrected chi connectivity index (χ3v) is 2.53. The molecule has 0 radical (unpaired) electrons. The van der Waals surface area contributed by atoms with Crippen molar-refractivity contribution in [2.75, 3.05) is 0 Å². The van der Waals surface area contributed by atoms with E-state index in [1.54, 1.807) is 0 Å². The second-order valence-corrected chi connectivity index (χ2v) is 3.95. The number of primary amides is 2. The van der Waals surface area contributed by atoms with Gasteiger partial charge in [0.05, 0.1) is 0 Å². The van der Waals surface area contributed by atoms with E-state index in [1.807, 2.05) is 0 Å². The molecule has 0 bridgehead atoms. The van der Waals surface area contributed by atoms with E-state index in [4.69, 9.17) is 11.5 Å². The number of nitrogens with two attached hydrogens (primary N) is 2. The Bertz CT molecular complexity index is 205. The zero-order valence-corrected chi connectivity index (χ0v) is 9.50. The Balaban J connectivity index is 3.73. The third kappa shape index (κ3) is 7.97. The number of hydrogen-bond acceptors (Lipinski definition) is 2. The molecule has 4 nitrogen and oxygen atoms in total. The second-order valence-electron chi connectivity index (χ2n) is 3.95. The van der Waals surface area contributed by atoms with Crippen molar-refractivity contribution in [2.45, 2.75) is 51.9 Å². The highest BCUT2D eigenvalue weighted by Gasteiger charge is 2.14.